The molecule has 214 valence electrons. The molecule has 1 saturated heterocycles. The number of halogens is 4. The van der Waals surface area contributed by atoms with Crippen LogP contribution in [0.25, 0.3) is 16.6 Å². The van der Waals surface area contributed by atoms with Crippen molar-refractivity contribution >= 4 is 28.7 Å². The van der Waals surface area contributed by atoms with Crippen LogP contribution in [-0.4, -0.2) is 51.8 Å². The third-order valence-corrected chi connectivity index (χ3v) is 6.63. The zero-order valence-corrected chi connectivity index (χ0v) is 21.4. The summed E-state index contributed by atoms with van der Waals surface area (Å²) in [4.78, 5) is 30.2. The second kappa shape index (κ2) is 11.5. The van der Waals surface area contributed by atoms with Crippen molar-refractivity contribution in [3.63, 3.8) is 0 Å². The van der Waals surface area contributed by atoms with Crippen LogP contribution in [0.1, 0.15) is 16.8 Å². The molecule has 0 radical (unpaired) electrons. The maximum absolute atomic E-state index is 14.0. The van der Waals surface area contributed by atoms with Gasteiger partial charge < -0.3 is 21.1 Å². The summed E-state index contributed by atoms with van der Waals surface area (Å²) >= 11 is 0. The molecule has 0 unspecified atom stereocenters. The lowest BCUT2D eigenvalue weighted by atomic mass is 10.00. The normalized spacial score (nSPS) is 14.2. The average Bonchev–Trinajstić information content (AvgIpc) is 3.24. The van der Waals surface area contributed by atoms with E-state index >= 15 is 0 Å². The van der Waals surface area contributed by atoms with Crippen molar-refractivity contribution in [3.8, 4) is 11.1 Å². The van der Waals surface area contributed by atoms with Gasteiger partial charge in [-0.3, -0.25) is 4.90 Å². The van der Waals surface area contributed by atoms with Gasteiger partial charge in [0.25, 0.3) is 0 Å². The van der Waals surface area contributed by atoms with Crippen molar-refractivity contribution in [1.82, 2.24) is 19.5 Å². The number of nitrogens with two attached hydrogens (primary N) is 1. The smallest absolute Gasteiger partial charge is 0.382 e. The lowest BCUT2D eigenvalue weighted by Crippen LogP contribution is -2.36. The van der Waals surface area contributed by atoms with E-state index < -0.39 is 29.3 Å². The third-order valence-electron chi connectivity index (χ3n) is 6.63. The molecule has 2 aromatic carbocycles. The van der Waals surface area contributed by atoms with Gasteiger partial charge in [-0.25, -0.2) is 18.7 Å². The van der Waals surface area contributed by atoms with E-state index in [4.69, 9.17) is 10.5 Å². The Balaban J connectivity index is 1.43. The van der Waals surface area contributed by atoms with Crippen molar-refractivity contribution in [2.45, 2.75) is 19.3 Å². The number of aromatic nitrogens is 3. The summed E-state index contributed by atoms with van der Waals surface area (Å²) in [6.07, 6.45) is -3.37. The molecule has 3 heterocycles. The number of ether oxygens (including phenoxy) is 1. The summed E-state index contributed by atoms with van der Waals surface area (Å²) < 4.78 is 60.1. The summed E-state index contributed by atoms with van der Waals surface area (Å²) in [5.74, 6) is -0.826. The number of benzene rings is 2. The number of amides is 2. The van der Waals surface area contributed by atoms with E-state index in [1.54, 1.807) is 28.8 Å². The number of fused-ring (bicyclic) bond motifs is 1. The Morgan fingerprint density at radius 3 is 2.51 bits per heavy atom. The highest BCUT2D eigenvalue weighted by atomic mass is 19.4. The van der Waals surface area contributed by atoms with E-state index in [0.717, 1.165) is 5.69 Å². The fourth-order valence-corrected chi connectivity index (χ4v) is 4.70. The summed E-state index contributed by atoms with van der Waals surface area (Å²) in [6, 6.07) is 7.19. The molecule has 4 aromatic rings. The number of morpholine rings is 1. The van der Waals surface area contributed by atoms with Crippen molar-refractivity contribution in [1.29, 1.82) is 0 Å². The minimum atomic E-state index is -4.70. The Morgan fingerprint density at radius 1 is 1.10 bits per heavy atom. The number of hydrogen-bond donors (Lipinski definition) is 3. The predicted molar refractivity (Wildman–Crippen MR) is 142 cm³/mol. The Bertz CT molecular complexity index is 1580. The molecular weight excluding hydrogens is 548 g/mol. The molecule has 0 saturated carbocycles. The maximum atomic E-state index is 14.0. The van der Waals surface area contributed by atoms with E-state index in [1.807, 2.05) is 0 Å². The molecule has 15 heteroatoms. The molecule has 4 N–H and O–H groups in total. The monoisotopic (exact) mass is 572 g/mol. The van der Waals surface area contributed by atoms with E-state index in [1.165, 1.54) is 6.33 Å². The molecular formula is C26H24F4N8O3. The number of alkyl halides is 3. The number of nitrogens with one attached hydrogen (secondary N) is 2. The van der Waals surface area contributed by atoms with Crippen LogP contribution >= 0.6 is 0 Å². The van der Waals surface area contributed by atoms with Gasteiger partial charge in [-0.2, -0.15) is 23.2 Å². The SMILES string of the molecule is Nc1ncnn2c(CN3CCOCC3)c(CN=O)c(-c3ccc(NC(=O)Nc4cc(C(F)(F)F)ccc4F)cc3)c12. The standard InChI is InChI=1S/C26H24F4N8O3/c27-19-6-3-16(26(28,29)30)11-20(19)36-25(39)35-17-4-1-15(2-5-17)22-18(12-34-40)21(13-37-7-9-41-10-8-37)38-23(22)24(31)32-14-33-38/h1-6,11,14H,7-10,12-13H2,(H2,31,32,33)(H2,35,36,39). The fourth-order valence-electron chi connectivity index (χ4n) is 4.70. The molecule has 1 aliphatic rings. The molecule has 0 spiro atoms. The molecule has 0 bridgehead atoms. The van der Waals surface area contributed by atoms with Gasteiger partial charge in [0.1, 0.15) is 24.2 Å². The molecule has 41 heavy (non-hydrogen) atoms. The largest absolute Gasteiger partial charge is 0.416 e. The van der Waals surface area contributed by atoms with Crippen molar-refractivity contribution in [2.24, 2.45) is 5.18 Å². The third kappa shape index (κ3) is 5.95. The van der Waals surface area contributed by atoms with Gasteiger partial charge in [-0.05, 0) is 35.9 Å². The van der Waals surface area contributed by atoms with Crippen molar-refractivity contribution in [2.75, 3.05) is 42.7 Å². The van der Waals surface area contributed by atoms with Gasteiger partial charge in [0, 0.05) is 36.4 Å². The minimum absolute atomic E-state index is 0.150. The van der Waals surface area contributed by atoms with Gasteiger partial charge in [-0.1, -0.05) is 17.3 Å². The highest BCUT2D eigenvalue weighted by Crippen LogP contribution is 2.37. The first-order valence-corrected chi connectivity index (χ1v) is 12.4. The number of nitroso groups, excluding NO2 is 1. The molecule has 0 atom stereocenters. The van der Waals surface area contributed by atoms with Crippen LogP contribution in [0.3, 0.4) is 0 Å². The highest BCUT2D eigenvalue weighted by molar-refractivity contribution is 6.00. The lowest BCUT2D eigenvalue weighted by Gasteiger charge is -2.26. The van der Waals surface area contributed by atoms with Gasteiger partial charge in [0.2, 0.25) is 0 Å². The number of carbonyl (C=O) groups excluding carboxylic acids is 1. The fraction of sp³-hybridized carbons (Fsp3) is 0.269. The highest BCUT2D eigenvalue weighted by Gasteiger charge is 2.31. The minimum Gasteiger partial charge on any atom is -0.382 e. The number of nitrogens with zero attached hydrogens (tertiary/aromatic N) is 5. The molecule has 2 amide bonds. The lowest BCUT2D eigenvalue weighted by molar-refractivity contribution is -0.137. The van der Waals surface area contributed by atoms with Gasteiger partial charge in [-0.15, -0.1) is 0 Å². The number of hydrogen-bond acceptors (Lipinski definition) is 8. The summed E-state index contributed by atoms with van der Waals surface area (Å²) in [5.41, 5.74) is 7.88. The Morgan fingerprint density at radius 2 is 1.83 bits per heavy atom. The van der Waals surface area contributed by atoms with Crippen molar-refractivity contribution in [3.05, 3.63) is 76.3 Å². The van der Waals surface area contributed by atoms with E-state index in [9.17, 15) is 27.3 Å². The number of urea groups is 1. The van der Waals surface area contributed by atoms with Gasteiger partial charge in [0.15, 0.2) is 5.82 Å². The van der Waals surface area contributed by atoms with Crippen LogP contribution in [0.15, 0.2) is 54.0 Å². The van der Waals surface area contributed by atoms with Crippen LogP contribution in [0.5, 0.6) is 0 Å². The quantitative estimate of drug-likeness (QED) is 0.212. The zero-order valence-electron chi connectivity index (χ0n) is 21.4. The molecule has 1 fully saturated rings. The first-order chi connectivity index (χ1) is 19.7. The molecule has 5 rings (SSSR count). The van der Waals surface area contributed by atoms with E-state index in [-0.39, 0.29) is 18.1 Å². The number of nitrogen functional groups attached to an aromatic ring is 1. The number of anilines is 3. The van der Waals surface area contributed by atoms with Crippen LogP contribution in [0.2, 0.25) is 0 Å². The second-order valence-corrected chi connectivity index (χ2v) is 9.23. The second-order valence-electron chi connectivity index (χ2n) is 9.23. The molecule has 1 aliphatic heterocycles. The Labute approximate surface area is 230 Å². The van der Waals surface area contributed by atoms with Crippen molar-refractivity contribution < 1.29 is 27.1 Å². The van der Waals surface area contributed by atoms with Gasteiger partial charge >= 0.3 is 12.2 Å². The maximum Gasteiger partial charge on any atom is 0.416 e. The van der Waals surface area contributed by atoms with Gasteiger partial charge in [0.05, 0.1) is 30.2 Å². The van der Waals surface area contributed by atoms with Crippen LogP contribution in [0, 0.1) is 10.7 Å². The van der Waals surface area contributed by atoms with E-state index in [2.05, 4.69) is 30.8 Å². The summed E-state index contributed by atoms with van der Waals surface area (Å²) in [5, 5.41) is 12.1. The van der Waals surface area contributed by atoms with Crippen LogP contribution in [-0.2, 0) is 24.0 Å². The molecule has 2 aromatic heterocycles. The topological polar surface area (TPSA) is 139 Å². The molecule has 11 nitrogen and oxygen atoms in total. The first kappa shape index (κ1) is 27.9. The number of rotatable bonds is 7. The van der Waals surface area contributed by atoms with Crippen LogP contribution in [0.4, 0.5) is 39.5 Å². The summed E-state index contributed by atoms with van der Waals surface area (Å²) in [6.45, 7) is 2.88. The van der Waals surface area contributed by atoms with E-state index in [0.29, 0.717) is 73.3 Å². The van der Waals surface area contributed by atoms with Crippen LogP contribution < -0.4 is 16.4 Å². The first-order valence-electron chi connectivity index (χ1n) is 12.4. The Hall–Kier alpha value is -4.63. The predicted octanol–water partition coefficient (Wildman–Crippen LogP) is 4.88. The Kier molecular flexibility index (Phi) is 7.81. The zero-order chi connectivity index (χ0) is 29.1. The average molecular weight is 573 g/mol. The summed E-state index contributed by atoms with van der Waals surface area (Å²) in [7, 11) is 0. The number of carbonyl (C=O) groups is 1. The molecule has 0 aliphatic carbocycles.